The van der Waals surface area contributed by atoms with Crippen molar-refractivity contribution in [1.29, 1.82) is 0 Å². The molecule has 1 fully saturated rings. The van der Waals surface area contributed by atoms with Gasteiger partial charge in [0.25, 0.3) is 0 Å². The molecular formula is C31H37NO7. The summed E-state index contributed by atoms with van der Waals surface area (Å²) in [5.74, 6) is -0.283. The Balaban J connectivity index is 1.52. The van der Waals surface area contributed by atoms with E-state index >= 15 is 0 Å². The van der Waals surface area contributed by atoms with Crippen LogP contribution in [0, 0.1) is 0 Å². The van der Waals surface area contributed by atoms with E-state index < -0.39 is 24.6 Å². The van der Waals surface area contributed by atoms with E-state index in [4.69, 9.17) is 28.5 Å². The molecule has 1 heterocycles. The van der Waals surface area contributed by atoms with Crippen LogP contribution in [0.15, 0.2) is 91.0 Å². The minimum absolute atomic E-state index is 0.155. The average Bonchev–Trinajstić information content (AvgIpc) is 2.96. The fraction of sp³-hybridized carbons (Fsp3) is 0.387. The molecule has 5 unspecified atom stereocenters. The highest BCUT2D eigenvalue weighted by Crippen LogP contribution is 2.31. The topological polar surface area (TPSA) is 84.5 Å². The maximum absolute atomic E-state index is 11.1. The molecule has 3 aromatic carbocycles. The highest BCUT2D eigenvalue weighted by molar-refractivity contribution is 5.71. The van der Waals surface area contributed by atoms with E-state index in [1.165, 1.54) is 6.92 Å². The van der Waals surface area contributed by atoms with E-state index in [-0.39, 0.29) is 25.2 Å². The summed E-state index contributed by atoms with van der Waals surface area (Å²) in [7, 11) is 0. The van der Waals surface area contributed by atoms with Gasteiger partial charge in [-0.2, -0.15) is 0 Å². The molecule has 208 valence electrons. The number of benzene rings is 3. The number of hydrogen-bond donors (Lipinski definition) is 1. The second-order valence-electron chi connectivity index (χ2n) is 9.37. The highest BCUT2D eigenvalue weighted by atomic mass is 16.7. The Morgan fingerprint density at radius 3 is 1.62 bits per heavy atom. The number of nitrogens with one attached hydrogen (secondary N) is 1. The van der Waals surface area contributed by atoms with Crippen LogP contribution in [0.25, 0.3) is 0 Å². The second-order valence-corrected chi connectivity index (χ2v) is 9.37. The third-order valence-electron chi connectivity index (χ3n) is 6.27. The molecule has 3 aromatic rings. The van der Waals surface area contributed by atoms with Gasteiger partial charge in [-0.15, -0.1) is 0 Å². The van der Waals surface area contributed by atoms with Crippen molar-refractivity contribution in [3.8, 4) is 0 Å². The van der Waals surface area contributed by atoms with Crippen molar-refractivity contribution >= 4 is 5.91 Å². The molecule has 0 bridgehead atoms. The molecular weight excluding hydrogens is 498 g/mol. The number of ether oxygens (including phenoxy) is 5. The summed E-state index contributed by atoms with van der Waals surface area (Å²) in [6.45, 7) is 4.81. The number of hydrogen-bond acceptors (Lipinski definition) is 7. The van der Waals surface area contributed by atoms with E-state index in [0.29, 0.717) is 19.8 Å². The van der Waals surface area contributed by atoms with E-state index in [9.17, 15) is 4.79 Å². The zero-order chi connectivity index (χ0) is 27.3. The molecule has 1 saturated heterocycles. The van der Waals surface area contributed by atoms with Crippen LogP contribution in [0.3, 0.4) is 0 Å². The molecule has 0 aliphatic carbocycles. The lowest BCUT2D eigenvalue weighted by Gasteiger charge is -2.45. The summed E-state index contributed by atoms with van der Waals surface area (Å²) in [5, 5.41) is 0. The molecule has 0 spiro atoms. The van der Waals surface area contributed by atoms with Gasteiger partial charge in [-0.05, 0) is 23.6 Å². The summed E-state index contributed by atoms with van der Waals surface area (Å²) >= 11 is 0. The summed E-state index contributed by atoms with van der Waals surface area (Å²) in [6, 6.07) is 29.9. The second kappa shape index (κ2) is 15.5. The molecule has 0 radical (unpaired) electrons. The van der Waals surface area contributed by atoms with Crippen molar-refractivity contribution in [1.82, 2.24) is 5.48 Å². The lowest BCUT2D eigenvalue weighted by atomic mass is 9.98. The van der Waals surface area contributed by atoms with Gasteiger partial charge in [0.05, 0.1) is 39.1 Å². The van der Waals surface area contributed by atoms with E-state index in [1.807, 2.05) is 97.9 Å². The Bertz CT molecular complexity index is 1100. The third kappa shape index (κ3) is 9.25. The molecule has 1 N–H and O–H groups in total. The fourth-order valence-corrected chi connectivity index (χ4v) is 4.36. The Labute approximate surface area is 230 Å². The van der Waals surface area contributed by atoms with Crippen LogP contribution >= 0.6 is 0 Å². The minimum atomic E-state index is -0.734. The first-order valence-corrected chi connectivity index (χ1v) is 13.2. The first kappa shape index (κ1) is 28.9. The summed E-state index contributed by atoms with van der Waals surface area (Å²) in [4.78, 5) is 16.2. The van der Waals surface area contributed by atoms with Crippen molar-refractivity contribution in [2.45, 2.75) is 64.4 Å². The van der Waals surface area contributed by atoms with Crippen LogP contribution in [-0.2, 0) is 53.1 Å². The number of rotatable bonds is 14. The number of carbonyl (C=O) groups is 1. The molecule has 1 aliphatic rings. The molecule has 1 amide bonds. The fourth-order valence-electron chi connectivity index (χ4n) is 4.36. The van der Waals surface area contributed by atoms with E-state index in [1.54, 1.807) is 0 Å². The van der Waals surface area contributed by atoms with Gasteiger partial charge in [0.1, 0.15) is 18.3 Å². The molecule has 0 saturated carbocycles. The van der Waals surface area contributed by atoms with E-state index in [2.05, 4.69) is 5.48 Å². The zero-order valence-electron chi connectivity index (χ0n) is 22.4. The minimum Gasteiger partial charge on any atom is -0.368 e. The van der Waals surface area contributed by atoms with Crippen LogP contribution in [0.2, 0.25) is 0 Å². The molecule has 8 nitrogen and oxygen atoms in total. The van der Waals surface area contributed by atoms with Crippen molar-refractivity contribution in [3.05, 3.63) is 108 Å². The molecule has 1 aliphatic heterocycles. The lowest BCUT2D eigenvalue weighted by Crippen LogP contribution is -2.60. The molecule has 39 heavy (non-hydrogen) atoms. The predicted octanol–water partition coefficient (Wildman–Crippen LogP) is 4.57. The number of carbonyl (C=O) groups excluding carboxylic acids is 1. The van der Waals surface area contributed by atoms with Crippen LogP contribution in [-0.4, -0.2) is 49.8 Å². The van der Waals surface area contributed by atoms with Gasteiger partial charge in [-0.25, -0.2) is 5.48 Å². The molecule has 5 atom stereocenters. The Kier molecular flexibility index (Phi) is 11.5. The van der Waals surface area contributed by atoms with Gasteiger partial charge >= 0.3 is 0 Å². The van der Waals surface area contributed by atoms with Crippen LogP contribution < -0.4 is 5.48 Å². The molecule has 4 rings (SSSR count). The number of hydroxylamine groups is 1. The van der Waals surface area contributed by atoms with Gasteiger partial charge in [-0.1, -0.05) is 91.0 Å². The van der Waals surface area contributed by atoms with Crippen LogP contribution in [0.5, 0.6) is 0 Å². The third-order valence-corrected chi connectivity index (χ3v) is 6.27. The highest BCUT2D eigenvalue weighted by Gasteiger charge is 2.47. The summed E-state index contributed by atoms with van der Waals surface area (Å²) in [5.41, 5.74) is 5.42. The van der Waals surface area contributed by atoms with Gasteiger partial charge < -0.3 is 23.7 Å². The standard InChI is InChI=1S/C31H37NO7/c1-23-28(35-20-25-12-6-3-7-13-25)29(36-21-26-14-8-4-9-15-26)30(37-22-27-16-10-5-11-17-27)31(39-23)34-18-19-38-32-24(2)33/h3-17,23,28-31H,18-22H2,1-2H3,(H,32,33). The van der Waals surface area contributed by atoms with E-state index in [0.717, 1.165) is 16.7 Å². The quantitative estimate of drug-likeness (QED) is 0.239. The monoisotopic (exact) mass is 535 g/mol. The first-order valence-electron chi connectivity index (χ1n) is 13.2. The Morgan fingerprint density at radius 1 is 0.667 bits per heavy atom. The SMILES string of the molecule is CC(=O)NOCCOC1OC(C)C(OCc2ccccc2)C(OCc2ccccc2)C1OCc1ccccc1. The first-order chi connectivity index (χ1) is 19.1. The number of amides is 1. The van der Waals surface area contributed by atoms with Crippen LogP contribution in [0.1, 0.15) is 30.5 Å². The van der Waals surface area contributed by atoms with Crippen molar-refractivity contribution in [3.63, 3.8) is 0 Å². The van der Waals surface area contributed by atoms with Crippen molar-refractivity contribution in [2.24, 2.45) is 0 Å². The van der Waals surface area contributed by atoms with Crippen molar-refractivity contribution in [2.75, 3.05) is 13.2 Å². The van der Waals surface area contributed by atoms with Gasteiger partial charge in [0.2, 0.25) is 5.91 Å². The zero-order valence-corrected chi connectivity index (χ0v) is 22.4. The smallest absolute Gasteiger partial charge is 0.240 e. The summed E-state index contributed by atoms with van der Waals surface area (Å²) < 4.78 is 31.8. The maximum atomic E-state index is 11.1. The Morgan fingerprint density at radius 2 is 1.13 bits per heavy atom. The molecule has 0 aromatic heterocycles. The lowest BCUT2D eigenvalue weighted by molar-refractivity contribution is -0.321. The Hall–Kier alpha value is -3.11. The van der Waals surface area contributed by atoms with Gasteiger partial charge in [0, 0.05) is 6.92 Å². The maximum Gasteiger partial charge on any atom is 0.240 e. The predicted molar refractivity (Wildman–Crippen MR) is 145 cm³/mol. The van der Waals surface area contributed by atoms with Gasteiger partial charge in [0.15, 0.2) is 6.29 Å². The van der Waals surface area contributed by atoms with Crippen molar-refractivity contribution < 1.29 is 33.3 Å². The van der Waals surface area contributed by atoms with Gasteiger partial charge in [-0.3, -0.25) is 9.63 Å². The molecule has 8 heteroatoms. The summed E-state index contributed by atoms with van der Waals surface area (Å²) in [6.07, 6.45) is -2.56. The van der Waals surface area contributed by atoms with Crippen LogP contribution in [0.4, 0.5) is 0 Å². The normalized spacial score (nSPS) is 22.9. The largest absolute Gasteiger partial charge is 0.368 e. The average molecular weight is 536 g/mol.